The highest BCUT2D eigenvalue weighted by Gasteiger charge is 2.50. The van der Waals surface area contributed by atoms with E-state index in [1.165, 1.54) is 64.7 Å². The van der Waals surface area contributed by atoms with Crippen LogP contribution in [-0.2, 0) is 5.41 Å². The van der Waals surface area contributed by atoms with E-state index >= 15 is 0 Å². The zero-order valence-corrected chi connectivity index (χ0v) is 28.9. The molecule has 1 aliphatic heterocycles. The number of aromatic nitrogens is 2. The first-order valence-electron chi connectivity index (χ1n) is 17.7. The van der Waals surface area contributed by atoms with Gasteiger partial charge in [0, 0.05) is 26.5 Å². The molecule has 0 radical (unpaired) electrons. The summed E-state index contributed by atoms with van der Waals surface area (Å²) in [4.78, 5) is 13.1. The highest BCUT2D eigenvalue weighted by atomic mass is 32.2. The van der Waals surface area contributed by atoms with Crippen LogP contribution in [0.3, 0.4) is 0 Å². The van der Waals surface area contributed by atoms with Crippen molar-refractivity contribution in [1.29, 1.82) is 0 Å². The minimum Gasteiger partial charge on any atom is -0.228 e. The molecule has 1 aliphatic carbocycles. The summed E-state index contributed by atoms with van der Waals surface area (Å²) in [7, 11) is 0. The van der Waals surface area contributed by atoms with E-state index in [-0.39, 0.29) is 0 Å². The molecule has 11 rings (SSSR count). The molecule has 0 saturated carbocycles. The standard InChI is InChI=1S/C49H30N2S/c1-2-13-32(14-3-1)48-50-44(34-24-26-37-33(28-34)23-22-31-12-4-5-15-36(31)37)30-45(51-48)35-25-27-47-43(29-35)49(42-20-10-11-21-46(42)52-47)40-18-8-6-16-38(40)39-17-7-9-19-41(39)49/h1-30H. The fourth-order valence-electron chi connectivity index (χ4n) is 8.65. The third-order valence-electron chi connectivity index (χ3n) is 10.9. The van der Waals surface area contributed by atoms with Crippen LogP contribution in [-0.4, -0.2) is 9.97 Å². The van der Waals surface area contributed by atoms with E-state index in [2.05, 4.69) is 176 Å². The van der Waals surface area contributed by atoms with Gasteiger partial charge in [0.05, 0.1) is 16.8 Å². The fraction of sp³-hybridized carbons (Fsp3) is 0.0204. The molecule has 0 saturated heterocycles. The minimum absolute atomic E-state index is 0.445. The van der Waals surface area contributed by atoms with Crippen molar-refractivity contribution < 1.29 is 0 Å². The Balaban J connectivity index is 1.15. The third-order valence-corrected chi connectivity index (χ3v) is 12.1. The van der Waals surface area contributed by atoms with Crippen molar-refractivity contribution >= 4 is 33.3 Å². The van der Waals surface area contributed by atoms with E-state index in [0.29, 0.717) is 0 Å². The predicted molar refractivity (Wildman–Crippen MR) is 215 cm³/mol. The average molecular weight is 679 g/mol. The zero-order chi connectivity index (χ0) is 34.2. The molecule has 1 aromatic heterocycles. The first-order chi connectivity index (χ1) is 25.8. The molecule has 9 aromatic rings. The van der Waals surface area contributed by atoms with Gasteiger partial charge in [-0.05, 0) is 85.3 Å². The Labute approximate surface area is 306 Å². The number of fused-ring (bicyclic) bond motifs is 12. The lowest BCUT2D eigenvalue weighted by atomic mass is 9.67. The first kappa shape index (κ1) is 29.4. The van der Waals surface area contributed by atoms with Crippen molar-refractivity contribution in [3.8, 4) is 45.0 Å². The number of nitrogens with zero attached hydrogens (tertiary/aromatic N) is 2. The molecule has 3 heteroatoms. The third kappa shape index (κ3) is 4.27. The maximum Gasteiger partial charge on any atom is 0.160 e. The van der Waals surface area contributed by atoms with Gasteiger partial charge in [-0.1, -0.05) is 163 Å². The zero-order valence-electron chi connectivity index (χ0n) is 28.1. The smallest absolute Gasteiger partial charge is 0.160 e. The molecule has 2 nitrogen and oxygen atoms in total. The van der Waals surface area contributed by atoms with Gasteiger partial charge in [-0.3, -0.25) is 0 Å². The Morgan fingerprint density at radius 3 is 1.73 bits per heavy atom. The molecular weight excluding hydrogens is 649 g/mol. The molecule has 0 bridgehead atoms. The minimum atomic E-state index is -0.445. The van der Waals surface area contributed by atoms with E-state index in [4.69, 9.17) is 9.97 Å². The second-order valence-electron chi connectivity index (χ2n) is 13.7. The van der Waals surface area contributed by atoms with E-state index in [9.17, 15) is 0 Å². The van der Waals surface area contributed by atoms with Crippen LogP contribution in [0, 0.1) is 0 Å². The van der Waals surface area contributed by atoms with Gasteiger partial charge >= 0.3 is 0 Å². The summed E-state index contributed by atoms with van der Waals surface area (Å²) in [6.45, 7) is 0. The molecular formula is C49H30N2S. The molecule has 52 heavy (non-hydrogen) atoms. The van der Waals surface area contributed by atoms with Gasteiger partial charge in [0.1, 0.15) is 0 Å². The van der Waals surface area contributed by atoms with Crippen molar-refractivity contribution in [3.05, 3.63) is 204 Å². The number of rotatable bonds is 3. The second kappa shape index (κ2) is 11.4. The molecule has 0 amide bonds. The number of hydrogen-bond donors (Lipinski definition) is 0. The highest BCUT2D eigenvalue weighted by molar-refractivity contribution is 7.99. The van der Waals surface area contributed by atoms with Crippen molar-refractivity contribution in [1.82, 2.24) is 9.97 Å². The van der Waals surface area contributed by atoms with Crippen LogP contribution in [0.25, 0.3) is 66.6 Å². The van der Waals surface area contributed by atoms with Gasteiger partial charge in [0.15, 0.2) is 5.82 Å². The molecule has 0 atom stereocenters. The van der Waals surface area contributed by atoms with Crippen molar-refractivity contribution in [3.63, 3.8) is 0 Å². The lowest BCUT2D eigenvalue weighted by Gasteiger charge is -2.39. The molecule has 1 spiro atoms. The fourth-order valence-corrected chi connectivity index (χ4v) is 9.82. The van der Waals surface area contributed by atoms with Gasteiger partial charge < -0.3 is 0 Å². The van der Waals surface area contributed by atoms with Crippen LogP contribution >= 0.6 is 11.8 Å². The molecule has 2 heterocycles. The maximum absolute atomic E-state index is 5.28. The topological polar surface area (TPSA) is 25.8 Å². The van der Waals surface area contributed by atoms with Crippen LogP contribution in [0.4, 0.5) is 0 Å². The van der Waals surface area contributed by atoms with Crippen LogP contribution in [0.5, 0.6) is 0 Å². The Hall–Kier alpha value is -6.29. The Kier molecular flexibility index (Phi) is 6.43. The molecule has 2 aliphatic rings. The maximum atomic E-state index is 5.28. The summed E-state index contributed by atoms with van der Waals surface area (Å²) < 4.78 is 0. The lowest BCUT2D eigenvalue weighted by Crippen LogP contribution is -2.32. The van der Waals surface area contributed by atoms with Crippen LogP contribution in [0.1, 0.15) is 22.3 Å². The Morgan fingerprint density at radius 2 is 0.942 bits per heavy atom. The van der Waals surface area contributed by atoms with E-state index in [0.717, 1.165) is 33.9 Å². The predicted octanol–water partition coefficient (Wildman–Crippen LogP) is 12.6. The van der Waals surface area contributed by atoms with Crippen LogP contribution in [0.15, 0.2) is 192 Å². The molecule has 0 N–H and O–H groups in total. The summed E-state index contributed by atoms with van der Waals surface area (Å²) in [6, 6.07) is 66.1. The monoisotopic (exact) mass is 678 g/mol. The average Bonchev–Trinajstić information content (AvgIpc) is 3.51. The summed E-state index contributed by atoms with van der Waals surface area (Å²) in [5.41, 5.74) is 12.4. The van der Waals surface area contributed by atoms with Gasteiger partial charge in [-0.15, -0.1) is 0 Å². The molecule has 242 valence electrons. The normalized spacial score (nSPS) is 13.5. The van der Waals surface area contributed by atoms with Crippen molar-refractivity contribution in [2.24, 2.45) is 0 Å². The number of benzene rings is 8. The largest absolute Gasteiger partial charge is 0.228 e. The second-order valence-corrected chi connectivity index (χ2v) is 14.8. The van der Waals surface area contributed by atoms with Crippen molar-refractivity contribution in [2.45, 2.75) is 15.2 Å². The van der Waals surface area contributed by atoms with Gasteiger partial charge in [0.25, 0.3) is 0 Å². The van der Waals surface area contributed by atoms with Crippen molar-refractivity contribution in [2.75, 3.05) is 0 Å². The SMILES string of the molecule is c1ccc(-c2nc(-c3ccc4c(c3)C3(c5ccccc5S4)c4ccccc4-c4ccccc43)cc(-c3ccc4c(ccc5ccccc54)c3)n2)cc1. The van der Waals surface area contributed by atoms with E-state index in [1.54, 1.807) is 0 Å². The highest BCUT2D eigenvalue weighted by Crippen LogP contribution is 2.62. The quantitative estimate of drug-likeness (QED) is 0.174. The first-order valence-corrected chi connectivity index (χ1v) is 18.6. The van der Waals surface area contributed by atoms with Crippen LogP contribution in [0.2, 0.25) is 0 Å². The lowest BCUT2D eigenvalue weighted by molar-refractivity contribution is 0.722. The Bertz CT molecular complexity index is 2850. The molecule has 0 fully saturated rings. The summed E-state index contributed by atoms with van der Waals surface area (Å²) in [6.07, 6.45) is 0. The van der Waals surface area contributed by atoms with Gasteiger partial charge in [-0.2, -0.15) is 0 Å². The summed E-state index contributed by atoms with van der Waals surface area (Å²) >= 11 is 1.87. The Morgan fingerprint density at radius 1 is 0.365 bits per heavy atom. The van der Waals surface area contributed by atoms with E-state index < -0.39 is 5.41 Å². The molecule has 0 unspecified atom stereocenters. The summed E-state index contributed by atoms with van der Waals surface area (Å²) in [5, 5.41) is 4.95. The molecule has 8 aromatic carbocycles. The van der Waals surface area contributed by atoms with Gasteiger partial charge in [-0.25, -0.2) is 9.97 Å². The van der Waals surface area contributed by atoms with E-state index in [1.807, 2.05) is 17.8 Å². The van der Waals surface area contributed by atoms with Gasteiger partial charge in [0.2, 0.25) is 0 Å². The number of hydrogen-bond acceptors (Lipinski definition) is 3. The van der Waals surface area contributed by atoms with Crippen LogP contribution < -0.4 is 0 Å². The summed E-state index contributed by atoms with van der Waals surface area (Å²) in [5.74, 6) is 0.718.